The van der Waals surface area contributed by atoms with E-state index >= 15 is 0 Å². The molecule has 1 aliphatic rings. The maximum absolute atomic E-state index is 12.7. The molecule has 3 aromatic carbocycles. The summed E-state index contributed by atoms with van der Waals surface area (Å²) in [7, 11) is 0. The molecule has 0 fully saturated rings. The molecule has 0 spiro atoms. The third-order valence-corrected chi connectivity index (χ3v) is 7.42. The zero-order chi connectivity index (χ0) is 27.7. The van der Waals surface area contributed by atoms with Gasteiger partial charge in [0, 0.05) is 5.69 Å². The van der Waals surface area contributed by atoms with Crippen molar-refractivity contribution in [2.45, 2.75) is 26.8 Å². The highest BCUT2D eigenvalue weighted by Gasteiger charge is 2.34. The van der Waals surface area contributed by atoms with E-state index in [4.69, 9.17) is 46.4 Å². The second-order valence-corrected chi connectivity index (χ2v) is 9.99. The van der Waals surface area contributed by atoms with Gasteiger partial charge < -0.3 is 10.6 Å². The predicted octanol–water partition coefficient (Wildman–Crippen LogP) is 7.42. The lowest BCUT2D eigenvalue weighted by molar-refractivity contribution is -0.126. The number of amidine groups is 1. The summed E-state index contributed by atoms with van der Waals surface area (Å²) >= 11 is 24.7. The zero-order valence-corrected chi connectivity index (χ0v) is 23.2. The van der Waals surface area contributed by atoms with Gasteiger partial charge >= 0.3 is 0 Å². The Balaban J connectivity index is 1.54. The molecule has 2 amide bonds. The quantitative estimate of drug-likeness (QED) is 0.135. The minimum Gasteiger partial charge on any atom is -0.324 e. The number of Topliss-reactive ketones (excluding diaryl/α,β-unsaturated/α-hetero) is 1. The van der Waals surface area contributed by atoms with Gasteiger partial charge in [-0.05, 0) is 56.7 Å². The van der Waals surface area contributed by atoms with Crippen LogP contribution in [-0.2, 0) is 9.59 Å². The Morgan fingerprint density at radius 3 is 2.08 bits per heavy atom. The second kappa shape index (κ2) is 11.2. The first kappa shape index (κ1) is 27.7. The number of anilines is 1. The summed E-state index contributed by atoms with van der Waals surface area (Å²) in [6, 6.07) is 10.6. The summed E-state index contributed by atoms with van der Waals surface area (Å²) in [6.07, 6.45) is 0. The molecule has 0 aliphatic carbocycles. The third kappa shape index (κ3) is 5.59. The van der Waals surface area contributed by atoms with Gasteiger partial charge in [0.2, 0.25) is 6.04 Å². The van der Waals surface area contributed by atoms with Crippen molar-refractivity contribution in [1.29, 1.82) is 0 Å². The number of halogens is 4. The topological polar surface area (TPSA) is 112 Å². The van der Waals surface area contributed by atoms with Crippen LogP contribution < -0.4 is 10.6 Å². The van der Waals surface area contributed by atoms with Gasteiger partial charge in [-0.2, -0.15) is 10.2 Å². The molecule has 4 rings (SSSR count). The number of nitrogens with zero attached hydrogens (tertiary/aromatic N) is 3. The van der Waals surface area contributed by atoms with Crippen molar-refractivity contribution < 1.29 is 14.4 Å². The van der Waals surface area contributed by atoms with E-state index in [1.165, 1.54) is 6.92 Å². The SMILES string of the molecule is CC(=O)C(N=Nc1ccc(N=C2NC(=O)c3c(Cl)c(Cl)c(Cl)c(Cl)c32)cc1)C(=O)Nc1ccc(C)cc1C. The molecule has 0 radical (unpaired) electrons. The van der Waals surface area contributed by atoms with E-state index < -0.39 is 23.6 Å². The van der Waals surface area contributed by atoms with Crippen molar-refractivity contribution in [2.24, 2.45) is 15.2 Å². The number of benzene rings is 3. The van der Waals surface area contributed by atoms with Crippen LogP contribution in [-0.4, -0.2) is 29.5 Å². The van der Waals surface area contributed by atoms with Crippen LogP contribution in [0.5, 0.6) is 0 Å². The lowest BCUT2D eigenvalue weighted by Gasteiger charge is -2.12. The van der Waals surface area contributed by atoms with E-state index in [0.29, 0.717) is 17.1 Å². The molecule has 194 valence electrons. The van der Waals surface area contributed by atoms with Crippen molar-refractivity contribution in [1.82, 2.24) is 5.32 Å². The number of aryl methyl sites for hydroxylation is 2. The molecule has 8 nitrogen and oxygen atoms in total. The lowest BCUT2D eigenvalue weighted by atomic mass is 10.1. The number of azo groups is 1. The Bertz CT molecular complexity index is 1550. The first-order valence-corrected chi connectivity index (χ1v) is 12.6. The fourth-order valence-corrected chi connectivity index (χ4v) is 4.73. The van der Waals surface area contributed by atoms with Crippen LogP contribution in [0.4, 0.5) is 17.1 Å². The summed E-state index contributed by atoms with van der Waals surface area (Å²) in [5.41, 5.74) is 3.67. The van der Waals surface area contributed by atoms with Gasteiger partial charge in [0.25, 0.3) is 11.8 Å². The summed E-state index contributed by atoms with van der Waals surface area (Å²) in [6.45, 7) is 5.08. The van der Waals surface area contributed by atoms with Crippen molar-refractivity contribution in [2.75, 3.05) is 5.32 Å². The van der Waals surface area contributed by atoms with Crippen molar-refractivity contribution in [3.63, 3.8) is 0 Å². The van der Waals surface area contributed by atoms with E-state index in [0.717, 1.165) is 11.1 Å². The first-order valence-electron chi connectivity index (χ1n) is 11.1. The van der Waals surface area contributed by atoms with Crippen LogP contribution in [0.25, 0.3) is 0 Å². The molecule has 1 unspecified atom stereocenters. The molecule has 2 N–H and O–H groups in total. The fraction of sp³-hybridized carbons (Fsp3) is 0.154. The minimum absolute atomic E-state index is 0.0126. The summed E-state index contributed by atoms with van der Waals surface area (Å²) in [5.74, 6) is -1.39. The monoisotopic (exact) mass is 589 g/mol. The van der Waals surface area contributed by atoms with Crippen LogP contribution in [0.1, 0.15) is 34.0 Å². The molecule has 0 saturated heterocycles. The number of aliphatic imine (C=N–C) groups is 1. The molecule has 38 heavy (non-hydrogen) atoms. The van der Waals surface area contributed by atoms with Crippen LogP contribution in [0.15, 0.2) is 57.7 Å². The summed E-state index contributed by atoms with van der Waals surface area (Å²) in [5, 5.41) is 13.4. The number of amides is 2. The van der Waals surface area contributed by atoms with E-state index in [2.05, 4.69) is 25.9 Å². The lowest BCUT2D eigenvalue weighted by Crippen LogP contribution is -2.32. The first-order chi connectivity index (χ1) is 18.0. The fourth-order valence-electron chi connectivity index (χ4n) is 3.70. The maximum Gasteiger partial charge on any atom is 0.259 e. The molecule has 0 bridgehead atoms. The standard InChI is InChI=1S/C26H19Cl4N5O3/c1-11-4-9-16(12(2)10-11)32-26(38)23(13(3)36)35-34-15-7-5-14(6-8-15)31-24-17-18(25(37)33-24)20(28)22(30)21(29)19(17)27/h4-10,23H,1-3H3,(H,32,38)(H,31,33,37). The molecular weight excluding hydrogens is 572 g/mol. The highest BCUT2D eigenvalue weighted by Crippen LogP contribution is 2.43. The van der Waals surface area contributed by atoms with Crippen LogP contribution >= 0.6 is 46.4 Å². The van der Waals surface area contributed by atoms with Gasteiger partial charge in [-0.25, -0.2) is 4.99 Å². The predicted molar refractivity (Wildman–Crippen MR) is 150 cm³/mol. The Morgan fingerprint density at radius 1 is 0.868 bits per heavy atom. The van der Waals surface area contributed by atoms with Gasteiger partial charge in [-0.3, -0.25) is 14.4 Å². The van der Waals surface area contributed by atoms with Gasteiger partial charge in [0.1, 0.15) is 5.84 Å². The Morgan fingerprint density at radius 2 is 1.47 bits per heavy atom. The maximum atomic E-state index is 12.7. The van der Waals surface area contributed by atoms with Crippen molar-refractivity contribution >= 4 is 86.9 Å². The highest BCUT2D eigenvalue weighted by atomic mass is 35.5. The smallest absolute Gasteiger partial charge is 0.259 e. The number of hydrogen-bond acceptors (Lipinski definition) is 6. The third-order valence-electron chi connectivity index (χ3n) is 5.62. The average Bonchev–Trinajstić information content (AvgIpc) is 3.19. The number of carbonyl (C=O) groups excluding carboxylic acids is 3. The van der Waals surface area contributed by atoms with Crippen LogP contribution in [0, 0.1) is 13.8 Å². The number of nitrogens with one attached hydrogen (secondary N) is 2. The van der Waals surface area contributed by atoms with Gasteiger partial charge in [-0.1, -0.05) is 64.1 Å². The van der Waals surface area contributed by atoms with E-state index in [1.807, 2.05) is 26.0 Å². The van der Waals surface area contributed by atoms with Gasteiger partial charge in [-0.15, -0.1) is 0 Å². The van der Waals surface area contributed by atoms with E-state index in [1.54, 1.807) is 30.3 Å². The van der Waals surface area contributed by atoms with Crippen molar-refractivity contribution in [3.8, 4) is 0 Å². The highest BCUT2D eigenvalue weighted by molar-refractivity contribution is 6.55. The number of rotatable bonds is 6. The molecule has 1 atom stereocenters. The normalized spacial score (nSPS) is 14.5. The number of fused-ring (bicyclic) bond motifs is 1. The molecule has 3 aromatic rings. The minimum atomic E-state index is -1.32. The zero-order valence-electron chi connectivity index (χ0n) is 20.2. The largest absolute Gasteiger partial charge is 0.324 e. The number of carbonyl (C=O) groups is 3. The van der Waals surface area contributed by atoms with Crippen LogP contribution in [0.2, 0.25) is 20.1 Å². The van der Waals surface area contributed by atoms with Gasteiger partial charge in [0.05, 0.1) is 42.6 Å². The Kier molecular flexibility index (Phi) is 8.18. The Labute approximate surface area is 238 Å². The molecule has 0 saturated carbocycles. The van der Waals surface area contributed by atoms with Crippen molar-refractivity contribution in [3.05, 3.63) is 84.8 Å². The molecular formula is C26H19Cl4N5O3. The van der Waals surface area contributed by atoms with Gasteiger partial charge in [0.15, 0.2) is 5.78 Å². The molecule has 1 aliphatic heterocycles. The molecule has 1 heterocycles. The number of ketones is 1. The summed E-state index contributed by atoms with van der Waals surface area (Å²) < 4.78 is 0. The van der Waals surface area contributed by atoms with E-state index in [9.17, 15) is 14.4 Å². The summed E-state index contributed by atoms with van der Waals surface area (Å²) in [4.78, 5) is 41.7. The van der Waals surface area contributed by atoms with Crippen LogP contribution in [0.3, 0.4) is 0 Å². The Hall–Kier alpha value is -3.30. The molecule has 12 heteroatoms. The average molecular weight is 591 g/mol. The second-order valence-electron chi connectivity index (χ2n) is 8.47. The van der Waals surface area contributed by atoms with E-state index in [-0.39, 0.29) is 37.1 Å². The number of hydrogen-bond donors (Lipinski definition) is 2. The molecule has 0 aromatic heterocycles.